The maximum Gasteiger partial charge on any atom is 0.125 e. The van der Waals surface area contributed by atoms with Crippen molar-refractivity contribution in [1.82, 2.24) is 0 Å². The number of benzene rings is 1. The molecule has 1 N–H and O–H groups in total. The van der Waals surface area contributed by atoms with Crippen LogP contribution in [0.1, 0.15) is 32.4 Å². The fourth-order valence-electron chi connectivity index (χ4n) is 1.84. The van der Waals surface area contributed by atoms with Crippen LogP contribution in [-0.4, -0.2) is 10.7 Å². The Morgan fingerprint density at radius 1 is 1.29 bits per heavy atom. The summed E-state index contributed by atoms with van der Waals surface area (Å²) in [7, 11) is 0. The molecule has 1 heterocycles. The minimum absolute atomic E-state index is 0.109. The van der Waals surface area contributed by atoms with E-state index in [9.17, 15) is 5.11 Å². The van der Waals surface area contributed by atoms with E-state index in [1.807, 2.05) is 45.0 Å². The lowest BCUT2D eigenvalue weighted by Gasteiger charge is -2.41. The van der Waals surface area contributed by atoms with E-state index < -0.39 is 6.10 Å². The first kappa shape index (κ1) is 9.53. The van der Waals surface area contributed by atoms with Gasteiger partial charge in [-0.1, -0.05) is 25.1 Å². The predicted molar refractivity (Wildman–Crippen MR) is 55.3 cm³/mol. The van der Waals surface area contributed by atoms with E-state index in [0.717, 1.165) is 11.3 Å². The summed E-state index contributed by atoms with van der Waals surface area (Å²) in [6.07, 6.45) is -0.421. The Kier molecular flexibility index (Phi) is 2.04. The Labute approximate surface area is 84.5 Å². The largest absolute Gasteiger partial charge is 0.487 e. The summed E-state index contributed by atoms with van der Waals surface area (Å²) < 4.78 is 5.84. The maximum absolute atomic E-state index is 10.1. The molecule has 1 aromatic rings. The topological polar surface area (TPSA) is 29.5 Å². The van der Waals surface area contributed by atoms with Gasteiger partial charge < -0.3 is 9.84 Å². The summed E-state index contributed by atoms with van der Waals surface area (Å²) in [6, 6.07) is 7.69. The van der Waals surface area contributed by atoms with Crippen LogP contribution < -0.4 is 4.74 Å². The van der Waals surface area contributed by atoms with Gasteiger partial charge in [-0.2, -0.15) is 0 Å². The van der Waals surface area contributed by atoms with E-state index in [-0.39, 0.29) is 11.5 Å². The first-order chi connectivity index (χ1) is 6.52. The van der Waals surface area contributed by atoms with Gasteiger partial charge in [-0.05, 0) is 19.9 Å². The van der Waals surface area contributed by atoms with E-state index in [2.05, 4.69) is 0 Å². The average molecular weight is 192 g/mol. The summed E-state index contributed by atoms with van der Waals surface area (Å²) in [5.41, 5.74) is 0.604. The first-order valence-electron chi connectivity index (χ1n) is 4.98. The quantitative estimate of drug-likeness (QED) is 0.684. The molecular formula is C12H16O2. The molecule has 1 aliphatic rings. The average Bonchev–Trinajstić information content (AvgIpc) is 2.14. The Morgan fingerprint density at radius 3 is 2.64 bits per heavy atom. The number of fused-ring (bicyclic) bond motifs is 1. The van der Waals surface area contributed by atoms with Gasteiger partial charge in [0.05, 0.1) is 6.10 Å². The van der Waals surface area contributed by atoms with Crippen LogP contribution in [0.2, 0.25) is 0 Å². The van der Waals surface area contributed by atoms with Crippen molar-refractivity contribution >= 4 is 0 Å². The molecule has 2 unspecified atom stereocenters. The molecular weight excluding hydrogens is 176 g/mol. The second-order valence-electron chi connectivity index (χ2n) is 4.48. The zero-order valence-corrected chi connectivity index (χ0v) is 8.82. The highest BCUT2D eigenvalue weighted by molar-refractivity contribution is 5.38. The van der Waals surface area contributed by atoms with Crippen molar-refractivity contribution in [2.75, 3.05) is 0 Å². The molecule has 0 saturated heterocycles. The Bertz CT molecular complexity index is 344. The highest BCUT2D eigenvalue weighted by Gasteiger charge is 2.39. The molecule has 0 aliphatic carbocycles. The fraction of sp³-hybridized carbons (Fsp3) is 0.500. The molecule has 0 aromatic heterocycles. The highest BCUT2D eigenvalue weighted by atomic mass is 16.5. The number of hydrogen-bond acceptors (Lipinski definition) is 2. The van der Waals surface area contributed by atoms with Gasteiger partial charge in [-0.25, -0.2) is 0 Å². The van der Waals surface area contributed by atoms with E-state index in [0.29, 0.717) is 0 Å². The lowest BCUT2D eigenvalue weighted by Crippen LogP contribution is -2.42. The van der Waals surface area contributed by atoms with Crippen LogP contribution in [0, 0.1) is 5.92 Å². The van der Waals surface area contributed by atoms with Gasteiger partial charge in [0, 0.05) is 11.5 Å². The molecule has 2 rings (SSSR count). The van der Waals surface area contributed by atoms with Crippen molar-refractivity contribution in [2.45, 2.75) is 32.5 Å². The second-order valence-corrected chi connectivity index (χ2v) is 4.48. The second kappa shape index (κ2) is 2.99. The van der Waals surface area contributed by atoms with E-state index in [4.69, 9.17) is 4.74 Å². The van der Waals surface area contributed by atoms with Gasteiger partial charge in [0.1, 0.15) is 11.4 Å². The molecule has 0 saturated carbocycles. The molecule has 0 radical (unpaired) electrons. The summed E-state index contributed by atoms with van der Waals surface area (Å²) >= 11 is 0. The maximum atomic E-state index is 10.1. The normalized spacial score (nSPS) is 29.1. The Hall–Kier alpha value is -1.02. The number of rotatable bonds is 0. The standard InChI is InChI=1S/C12H16O2/c1-8-11(13)9-6-4-5-7-10(9)14-12(8,2)3/h4-8,11,13H,1-3H3. The van der Waals surface area contributed by atoms with Crippen molar-refractivity contribution < 1.29 is 9.84 Å². The molecule has 0 amide bonds. The van der Waals surface area contributed by atoms with Gasteiger partial charge in [0.2, 0.25) is 0 Å². The third kappa shape index (κ3) is 1.30. The van der Waals surface area contributed by atoms with Gasteiger partial charge >= 0.3 is 0 Å². The van der Waals surface area contributed by atoms with Crippen LogP contribution in [0.4, 0.5) is 0 Å². The molecule has 1 aromatic carbocycles. The summed E-state index contributed by atoms with van der Waals surface area (Å²) in [5, 5.41) is 10.1. The van der Waals surface area contributed by atoms with E-state index in [1.165, 1.54) is 0 Å². The minimum Gasteiger partial charge on any atom is -0.487 e. The number of ether oxygens (including phenoxy) is 1. The van der Waals surface area contributed by atoms with Crippen LogP contribution in [0.3, 0.4) is 0 Å². The lowest BCUT2D eigenvalue weighted by molar-refractivity contribution is -0.0448. The van der Waals surface area contributed by atoms with Crippen molar-refractivity contribution in [1.29, 1.82) is 0 Å². The van der Waals surface area contributed by atoms with E-state index >= 15 is 0 Å². The van der Waals surface area contributed by atoms with Gasteiger partial charge in [-0.15, -0.1) is 0 Å². The molecule has 76 valence electrons. The van der Waals surface area contributed by atoms with Gasteiger partial charge in [0.15, 0.2) is 0 Å². The number of aliphatic hydroxyl groups excluding tert-OH is 1. The molecule has 0 spiro atoms. The minimum atomic E-state index is -0.421. The lowest BCUT2D eigenvalue weighted by atomic mass is 9.82. The third-order valence-corrected chi connectivity index (χ3v) is 3.18. The van der Waals surface area contributed by atoms with Crippen molar-refractivity contribution in [3.8, 4) is 5.75 Å². The number of para-hydroxylation sites is 1. The molecule has 2 nitrogen and oxygen atoms in total. The highest BCUT2D eigenvalue weighted by Crippen LogP contribution is 2.42. The Balaban J connectivity index is 2.48. The Morgan fingerprint density at radius 2 is 1.93 bits per heavy atom. The SMILES string of the molecule is CC1C(O)c2ccccc2OC1(C)C. The molecule has 1 aliphatic heterocycles. The zero-order valence-electron chi connectivity index (χ0n) is 8.82. The molecule has 14 heavy (non-hydrogen) atoms. The van der Waals surface area contributed by atoms with Crippen molar-refractivity contribution in [3.05, 3.63) is 29.8 Å². The summed E-state index contributed by atoms with van der Waals surface area (Å²) in [4.78, 5) is 0. The third-order valence-electron chi connectivity index (χ3n) is 3.18. The van der Waals surface area contributed by atoms with Gasteiger partial charge in [-0.3, -0.25) is 0 Å². The van der Waals surface area contributed by atoms with Crippen LogP contribution in [0.15, 0.2) is 24.3 Å². The van der Waals surface area contributed by atoms with Crippen LogP contribution in [0.25, 0.3) is 0 Å². The molecule has 2 heteroatoms. The van der Waals surface area contributed by atoms with Crippen LogP contribution in [0.5, 0.6) is 5.75 Å². The number of hydrogen-bond donors (Lipinski definition) is 1. The number of aliphatic hydroxyl groups is 1. The van der Waals surface area contributed by atoms with Crippen molar-refractivity contribution in [3.63, 3.8) is 0 Å². The molecule has 0 fully saturated rings. The van der Waals surface area contributed by atoms with E-state index in [1.54, 1.807) is 0 Å². The van der Waals surface area contributed by atoms with Crippen molar-refractivity contribution in [2.24, 2.45) is 5.92 Å². The zero-order chi connectivity index (χ0) is 10.3. The predicted octanol–water partition coefficient (Wildman–Crippen LogP) is 2.53. The van der Waals surface area contributed by atoms with Crippen LogP contribution in [-0.2, 0) is 0 Å². The molecule has 0 bridgehead atoms. The first-order valence-corrected chi connectivity index (χ1v) is 4.98. The molecule has 2 atom stereocenters. The summed E-state index contributed by atoms with van der Waals surface area (Å²) in [5.74, 6) is 0.917. The monoisotopic (exact) mass is 192 g/mol. The summed E-state index contributed by atoms with van der Waals surface area (Å²) in [6.45, 7) is 6.04. The van der Waals surface area contributed by atoms with Crippen LogP contribution >= 0.6 is 0 Å². The fourth-order valence-corrected chi connectivity index (χ4v) is 1.84. The smallest absolute Gasteiger partial charge is 0.125 e. The van der Waals surface area contributed by atoms with Gasteiger partial charge in [0.25, 0.3) is 0 Å².